The zero-order valence-electron chi connectivity index (χ0n) is 9.01. The van der Waals surface area contributed by atoms with Gasteiger partial charge in [-0.3, -0.25) is 0 Å². The molecule has 1 aromatic carbocycles. The Bertz CT molecular complexity index is 536. The van der Waals surface area contributed by atoms with Crippen LogP contribution in [0.4, 0.5) is 4.39 Å². The number of hydrogen-bond acceptors (Lipinski definition) is 2. The Morgan fingerprint density at radius 1 is 1.47 bits per heavy atom. The van der Waals surface area contributed by atoms with Crippen molar-refractivity contribution in [3.8, 4) is 0 Å². The molecule has 0 bridgehead atoms. The van der Waals surface area contributed by atoms with Gasteiger partial charge >= 0.3 is 0 Å². The van der Waals surface area contributed by atoms with Gasteiger partial charge in [-0.25, -0.2) is 4.39 Å². The third kappa shape index (κ3) is 2.55. The van der Waals surface area contributed by atoms with Crippen LogP contribution in [-0.4, -0.2) is 0 Å². The van der Waals surface area contributed by atoms with Gasteiger partial charge in [0.2, 0.25) is 0 Å². The molecule has 5 heteroatoms. The predicted octanol–water partition coefficient (Wildman–Crippen LogP) is 4.66. The molecule has 0 aliphatic carbocycles. The van der Waals surface area contributed by atoms with Crippen molar-refractivity contribution < 1.29 is 4.39 Å². The van der Waals surface area contributed by atoms with Crippen molar-refractivity contribution in [1.29, 1.82) is 0 Å². The number of rotatable bonds is 2. The lowest BCUT2D eigenvalue weighted by atomic mass is 10.1. The topological polar surface area (TPSA) is 26.0 Å². The molecule has 0 saturated heterocycles. The average Bonchev–Trinajstić information content (AvgIpc) is 2.62. The Morgan fingerprint density at radius 2 is 2.18 bits per heavy atom. The molecule has 0 spiro atoms. The van der Waals surface area contributed by atoms with Crippen molar-refractivity contribution in [2.75, 3.05) is 0 Å². The van der Waals surface area contributed by atoms with Gasteiger partial charge in [0.1, 0.15) is 5.82 Å². The van der Waals surface area contributed by atoms with E-state index in [2.05, 4.69) is 15.9 Å². The van der Waals surface area contributed by atoms with Gasteiger partial charge in [0.25, 0.3) is 0 Å². The van der Waals surface area contributed by atoms with Crippen LogP contribution in [0.2, 0.25) is 5.02 Å². The lowest BCUT2D eigenvalue weighted by Gasteiger charge is -2.12. The first kappa shape index (κ1) is 13.0. The van der Waals surface area contributed by atoms with Crippen molar-refractivity contribution in [3.63, 3.8) is 0 Å². The van der Waals surface area contributed by atoms with Crippen LogP contribution in [0.5, 0.6) is 0 Å². The summed E-state index contributed by atoms with van der Waals surface area (Å²) in [6.07, 6.45) is 0. The molecule has 0 amide bonds. The van der Waals surface area contributed by atoms with E-state index in [-0.39, 0.29) is 5.02 Å². The monoisotopic (exact) mass is 333 g/mol. The minimum atomic E-state index is -0.438. The van der Waals surface area contributed by atoms with Crippen LogP contribution in [0.15, 0.2) is 28.1 Å². The summed E-state index contributed by atoms with van der Waals surface area (Å²) >= 11 is 10.9. The van der Waals surface area contributed by atoms with Gasteiger partial charge in [-0.05, 0) is 46.1 Å². The van der Waals surface area contributed by atoms with Crippen LogP contribution in [0.25, 0.3) is 0 Å². The van der Waals surface area contributed by atoms with Gasteiger partial charge in [-0.15, -0.1) is 11.3 Å². The minimum absolute atomic E-state index is 0.0992. The fourth-order valence-corrected chi connectivity index (χ4v) is 3.39. The van der Waals surface area contributed by atoms with E-state index in [0.29, 0.717) is 5.56 Å². The van der Waals surface area contributed by atoms with Crippen molar-refractivity contribution in [2.45, 2.75) is 13.0 Å². The Labute approximate surface area is 117 Å². The third-order valence-electron chi connectivity index (χ3n) is 2.50. The van der Waals surface area contributed by atoms with Crippen molar-refractivity contribution in [1.82, 2.24) is 0 Å². The maximum Gasteiger partial charge on any atom is 0.142 e. The van der Waals surface area contributed by atoms with E-state index in [1.807, 2.05) is 13.0 Å². The zero-order chi connectivity index (χ0) is 12.6. The summed E-state index contributed by atoms with van der Waals surface area (Å²) in [4.78, 5) is 0.960. The summed E-state index contributed by atoms with van der Waals surface area (Å²) in [6, 6.07) is 6.29. The van der Waals surface area contributed by atoms with E-state index < -0.39 is 11.9 Å². The number of thiophene rings is 1. The number of aryl methyl sites for hydroxylation is 1. The highest BCUT2D eigenvalue weighted by Crippen LogP contribution is 2.35. The summed E-state index contributed by atoms with van der Waals surface area (Å²) in [6.45, 7) is 1.99. The second-order valence-electron chi connectivity index (χ2n) is 3.73. The van der Waals surface area contributed by atoms with Gasteiger partial charge in [0, 0.05) is 4.88 Å². The highest BCUT2D eigenvalue weighted by atomic mass is 79.9. The zero-order valence-corrected chi connectivity index (χ0v) is 12.2. The van der Waals surface area contributed by atoms with Gasteiger partial charge in [-0.1, -0.05) is 23.7 Å². The van der Waals surface area contributed by atoms with Crippen molar-refractivity contribution in [3.05, 3.63) is 54.9 Å². The van der Waals surface area contributed by atoms with Crippen molar-refractivity contribution >= 4 is 38.9 Å². The van der Waals surface area contributed by atoms with Crippen LogP contribution in [-0.2, 0) is 0 Å². The summed E-state index contributed by atoms with van der Waals surface area (Å²) in [5.74, 6) is -0.438. The van der Waals surface area contributed by atoms with Crippen molar-refractivity contribution in [2.24, 2.45) is 5.73 Å². The maximum atomic E-state index is 13.3. The fraction of sp³-hybridized carbons (Fsp3) is 0.167. The molecule has 2 N–H and O–H groups in total. The number of halogens is 3. The molecule has 1 nitrogen and oxygen atoms in total. The van der Waals surface area contributed by atoms with Crippen LogP contribution in [0, 0.1) is 12.7 Å². The van der Waals surface area contributed by atoms with Crippen LogP contribution >= 0.6 is 38.9 Å². The molecule has 1 aromatic heterocycles. The summed E-state index contributed by atoms with van der Waals surface area (Å²) in [5.41, 5.74) is 7.84. The standard InChI is InChI=1S/C12H10BrClFNS/c1-6-5-9(17-12(6)13)11(16)7-3-2-4-8(15)10(7)14/h2-5,11H,16H2,1H3. The molecule has 0 saturated carbocycles. The minimum Gasteiger partial charge on any atom is -0.320 e. The van der Waals surface area contributed by atoms with E-state index in [4.69, 9.17) is 17.3 Å². The SMILES string of the molecule is Cc1cc(C(N)c2cccc(F)c2Cl)sc1Br. The predicted molar refractivity (Wildman–Crippen MR) is 74.2 cm³/mol. The highest BCUT2D eigenvalue weighted by molar-refractivity contribution is 9.11. The molecule has 1 heterocycles. The highest BCUT2D eigenvalue weighted by Gasteiger charge is 2.17. The molecule has 0 aliphatic heterocycles. The molecule has 2 rings (SSSR count). The van der Waals surface area contributed by atoms with E-state index in [1.54, 1.807) is 23.5 Å². The second kappa shape index (κ2) is 5.06. The van der Waals surface area contributed by atoms with Crippen LogP contribution in [0.1, 0.15) is 22.0 Å². The average molecular weight is 335 g/mol. The number of benzene rings is 1. The number of nitrogens with two attached hydrogens (primary N) is 1. The normalized spacial score (nSPS) is 12.8. The van der Waals surface area contributed by atoms with E-state index in [0.717, 1.165) is 14.2 Å². The fourth-order valence-electron chi connectivity index (χ4n) is 1.55. The molecule has 0 aliphatic rings. The molecule has 0 radical (unpaired) electrons. The Balaban J connectivity index is 2.43. The van der Waals surface area contributed by atoms with Crippen LogP contribution in [0.3, 0.4) is 0 Å². The van der Waals surface area contributed by atoms with Gasteiger partial charge in [-0.2, -0.15) is 0 Å². The summed E-state index contributed by atoms with van der Waals surface area (Å²) in [5, 5.41) is 0.0992. The molecular weight excluding hydrogens is 325 g/mol. The molecule has 17 heavy (non-hydrogen) atoms. The molecule has 0 fully saturated rings. The molecule has 1 atom stereocenters. The van der Waals surface area contributed by atoms with E-state index in [1.165, 1.54) is 6.07 Å². The van der Waals surface area contributed by atoms with Gasteiger partial charge in [0.15, 0.2) is 0 Å². The van der Waals surface area contributed by atoms with Gasteiger partial charge < -0.3 is 5.73 Å². The lowest BCUT2D eigenvalue weighted by Crippen LogP contribution is -2.11. The van der Waals surface area contributed by atoms with E-state index >= 15 is 0 Å². The quantitative estimate of drug-likeness (QED) is 0.849. The van der Waals surface area contributed by atoms with Gasteiger partial charge in [0.05, 0.1) is 14.9 Å². The first-order valence-corrected chi connectivity index (χ1v) is 6.94. The summed E-state index contributed by atoms with van der Waals surface area (Å²) < 4.78 is 14.4. The first-order chi connectivity index (χ1) is 8.00. The maximum absolute atomic E-state index is 13.3. The molecule has 1 unspecified atom stereocenters. The second-order valence-corrected chi connectivity index (χ2v) is 6.51. The first-order valence-electron chi connectivity index (χ1n) is 4.96. The Morgan fingerprint density at radius 3 is 2.76 bits per heavy atom. The van der Waals surface area contributed by atoms with Crippen LogP contribution < -0.4 is 5.73 Å². The lowest BCUT2D eigenvalue weighted by molar-refractivity contribution is 0.624. The smallest absolute Gasteiger partial charge is 0.142 e. The largest absolute Gasteiger partial charge is 0.320 e. The number of hydrogen-bond donors (Lipinski definition) is 1. The molecule has 90 valence electrons. The molecule has 2 aromatic rings. The van der Waals surface area contributed by atoms with E-state index in [9.17, 15) is 4.39 Å². The Kier molecular flexibility index (Phi) is 3.88. The Hall–Kier alpha value is -0.420. The molecular formula is C12H10BrClFNS. The third-order valence-corrected chi connectivity index (χ3v) is 5.12. The summed E-state index contributed by atoms with van der Waals surface area (Å²) in [7, 11) is 0.